The molecule has 0 aliphatic rings. The van der Waals surface area contributed by atoms with Crippen LogP contribution < -0.4 is 10.6 Å². The molecule has 0 heterocycles. The Morgan fingerprint density at radius 1 is 1.00 bits per heavy atom. The minimum absolute atomic E-state index is 0.193. The van der Waals surface area contributed by atoms with E-state index in [1.165, 1.54) is 0 Å². The van der Waals surface area contributed by atoms with Crippen molar-refractivity contribution >= 4 is 17.9 Å². The first kappa shape index (κ1) is 28.5. The van der Waals surface area contributed by atoms with Crippen LogP contribution in [0.2, 0.25) is 0 Å². The fourth-order valence-electron chi connectivity index (χ4n) is 3.49. The van der Waals surface area contributed by atoms with Gasteiger partial charge < -0.3 is 20.3 Å². The van der Waals surface area contributed by atoms with Gasteiger partial charge in [0.1, 0.15) is 18.2 Å². The van der Waals surface area contributed by atoms with Crippen molar-refractivity contribution in [3.8, 4) is 0 Å². The van der Waals surface area contributed by atoms with Crippen LogP contribution in [0, 0.1) is 13.8 Å². The second kappa shape index (κ2) is 13.9. The number of benzene rings is 1. The predicted octanol–water partition coefficient (Wildman–Crippen LogP) is 4.80. The van der Waals surface area contributed by atoms with E-state index in [0.29, 0.717) is 13.1 Å². The highest BCUT2D eigenvalue weighted by Crippen LogP contribution is 2.27. The number of alkyl carbamates (subject to hydrolysis) is 1. The van der Waals surface area contributed by atoms with E-state index in [2.05, 4.69) is 17.6 Å². The number of unbranched alkanes of at least 4 members (excludes halogenated alkanes) is 3. The van der Waals surface area contributed by atoms with Crippen LogP contribution in [0.4, 0.5) is 4.79 Å². The number of carbonyl (C=O) groups is 3. The van der Waals surface area contributed by atoms with E-state index in [-0.39, 0.29) is 18.4 Å². The van der Waals surface area contributed by atoms with Gasteiger partial charge in [-0.15, -0.1) is 0 Å². The Bertz CT molecular complexity index is 786. The second-order valence-electron chi connectivity index (χ2n) is 9.49. The molecule has 0 aliphatic carbocycles. The Morgan fingerprint density at radius 2 is 1.67 bits per heavy atom. The minimum atomic E-state index is -0.758. The Kier molecular flexibility index (Phi) is 12.0. The predicted molar refractivity (Wildman–Crippen MR) is 132 cm³/mol. The van der Waals surface area contributed by atoms with Gasteiger partial charge in [-0.2, -0.15) is 0 Å². The van der Waals surface area contributed by atoms with Crippen LogP contribution >= 0.6 is 0 Å². The molecule has 0 saturated heterocycles. The number of nitrogens with zero attached hydrogens (tertiary/aromatic N) is 1. The molecule has 186 valence electrons. The lowest BCUT2D eigenvalue weighted by Crippen LogP contribution is -2.48. The molecular formula is C26H43N3O4. The zero-order chi connectivity index (χ0) is 25.0. The van der Waals surface area contributed by atoms with E-state index in [4.69, 9.17) is 4.74 Å². The first-order chi connectivity index (χ1) is 15.5. The fraction of sp³-hybridized carbons (Fsp3) is 0.654. The molecular weight excluding hydrogens is 418 g/mol. The van der Waals surface area contributed by atoms with Gasteiger partial charge in [-0.05, 0) is 64.2 Å². The van der Waals surface area contributed by atoms with Crippen molar-refractivity contribution in [3.05, 3.63) is 34.9 Å². The van der Waals surface area contributed by atoms with E-state index in [0.717, 1.165) is 48.8 Å². The number of hydrogen-bond acceptors (Lipinski definition) is 4. The van der Waals surface area contributed by atoms with E-state index >= 15 is 0 Å². The SMILES string of the molecule is CCCCCNC(=O)C(c1cccc(C)c1C)N(CCCC)C(=O)CNC(=O)OC(C)(C)C. The van der Waals surface area contributed by atoms with Crippen molar-refractivity contribution in [1.29, 1.82) is 0 Å². The summed E-state index contributed by atoms with van der Waals surface area (Å²) in [7, 11) is 0. The van der Waals surface area contributed by atoms with Gasteiger partial charge in [0, 0.05) is 13.1 Å². The maximum absolute atomic E-state index is 13.4. The average molecular weight is 462 g/mol. The smallest absolute Gasteiger partial charge is 0.408 e. The quantitative estimate of drug-likeness (QED) is 0.438. The summed E-state index contributed by atoms with van der Waals surface area (Å²) in [5.74, 6) is -0.509. The van der Waals surface area contributed by atoms with Gasteiger partial charge in [0.25, 0.3) is 0 Å². The third-order valence-corrected chi connectivity index (χ3v) is 5.44. The molecule has 0 aliphatic heterocycles. The summed E-state index contributed by atoms with van der Waals surface area (Å²) in [6.45, 7) is 14.2. The van der Waals surface area contributed by atoms with Gasteiger partial charge in [-0.1, -0.05) is 51.3 Å². The molecule has 3 amide bonds. The summed E-state index contributed by atoms with van der Waals surface area (Å²) in [6.07, 6.45) is 3.97. The number of hydrogen-bond donors (Lipinski definition) is 2. The fourth-order valence-corrected chi connectivity index (χ4v) is 3.49. The van der Waals surface area contributed by atoms with Crippen LogP contribution in [0.5, 0.6) is 0 Å². The number of nitrogens with one attached hydrogen (secondary N) is 2. The molecule has 0 aromatic heterocycles. The lowest BCUT2D eigenvalue weighted by molar-refractivity contribution is -0.140. The molecule has 0 saturated carbocycles. The van der Waals surface area contributed by atoms with E-state index in [1.807, 2.05) is 39.0 Å². The summed E-state index contributed by atoms with van der Waals surface area (Å²) >= 11 is 0. The highest BCUT2D eigenvalue weighted by atomic mass is 16.6. The number of aryl methyl sites for hydroxylation is 1. The van der Waals surface area contributed by atoms with Gasteiger partial charge >= 0.3 is 6.09 Å². The topological polar surface area (TPSA) is 87.7 Å². The zero-order valence-electron chi connectivity index (χ0n) is 21.5. The van der Waals surface area contributed by atoms with Crippen LogP contribution in [-0.4, -0.2) is 48.0 Å². The average Bonchev–Trinajstić information content (AvgIpc) is 2.73. The third-order valence-electron chi connectivity index (χ3n) is 5.44. The molecule has 0 fully saturated rings. The molecule has 2 N–H and O–H groups in total. The molecule has 1 atom stereocenters. The van der Waals surface area contributed by atoms with Crippen molar-refractivity contribution < 1.29 is 19.1 Å². The minimum Gasteiger partial charge on any atom is -0.444 e. The summed E-state index contributed by atoms with van der Waals surface area (Å²) < 4.78 is 5.25. The normalized spacial score (nSPS) is 12.1. The highest BCUT2D eigenvalue weighted by Gasteiger charge is 2.32. The van der Waals surface area contributed by atoms with Crippen molar-refractivity contribution in [1.82, 2.24) is 15.5 Å². The van der Waals surface area contributed by atoms with Crippen LogP contribution in [-0.2, 0) is 14.3 Å². The van der Waals surface area contributed by atoms with E-state index in [1.54, 1.807) is 25.7 Å². The first-order valence-electron chi connectivity index (χ1n) is 12.1. The molecule has 1 unspecified atom stereocenters. The molecule has 0 bridgehead atoms. The van der Waals surface area contributed by atoms with E-state index in [9.17, 15) is 14.4 Å². The zero-order valence-corrected chi connectivity index (χ0v) is 21.5. The van der Waals surface area contributed by atoms with Gasteiger partial charge in [0.15, 0.2) is 0 Å². The van der Waals surface area contributed by atoms with Crippen molar-refractivity contribution in [2.45, 2.75) is 92.2 Å². The maximum Gasteiger partial charge on any atom is 0.408 e. The summed E-state index contributed by atoms with van der Waals surface area (Å²) in [4.78, 5) is 40.4. The summed E-state index contributed by atoms with van der Waals surface area (Å²) in [6, 6.07) is 5.06. The summed E-state index contributed by atoms with van der Waals surface area (Å²) in [5.41, 5.74) is 2.20. The lowest BCUT2D eigenvalue weighted by atomic mass is 9.95. The molecule has 33 heavy (non-hydrogen) atoms. The molecule has 1 aromatic carbocycles. The Morgan fingerprint density at radius 3 is 2.27 bits per heavy atom. The Hall–Kier alpha value is -2.57. The number of ether oxygens (including phenoxy) is 1. The number of rotatable bonds is 12. The molecule has 7 nitrogen and oxygen atoms in total. The summed E-state index contributed by atoms with van der Waals surface area (Å²) in [5, 5.41) is 5.57. The highest BCUT2D eigenvalue weighted by molar-refractivity contribution is 5.90. The van der Waals surface area contributed by atoms with Crippen molar-refractivity contribution in [3.63, 3.8) is 0 Å². The number of amides is 3. The Balaban J connectivity index is 3.19. The first-order valence-corrected chi connectivity index (χ1v) is 12.1. The maximum atomic E-state index is 13.4. The molecule has 0 spiro atoms. The number of carbonyl (C=O) groups excluding carboxylic acids is 3. The largest absolute Gasteiger partial charge is 0.444 e. The van der Waals surface area contributed by atoms with Crippen LogP contribution in [0.25, 0.3) is 0 Å². The second-order valence-corrected chi connectivity index (χ2v) is 9.49. The molecule has 0 radical (unpaired) electrons. The van der Waals surface area contributed by atoms with E-state index < -0.39 is 17.7 Å². The van der Waals surface area contributed by atoms with Gasteiger partial charge in [0.05, 0.1) is 0 Å². The monoisotopic (exact) mass is 461 g/mol. The molecule has 1 rings (SSSR count). The lowest BCUT2D eigenvalue weighted by Gasteiger charge is -2.33. The van der Waals surface area contributed by atoms with Crippen molar-refractivity contribution in [2.75, 3.05) is 19.6 Å². The van der Waals surface area contributed by atoms with Crippen LogP contribution in [0.1, 0.15) is 89.5 Å². The Labute approximate surface area is 199 Å². The van der Waals surface area contributed by atoms with Crippen molar-refractivity contribution in [2.24, 2.45) is 0 Å². The molecule has 1 aromatic rings. The van der Waals surface area contributed by atoms with Gasteiger partial charge in [-0.3, -0.25) is 9.59 Å². The third kappa shape index (κ3) is 9.84. The standard InChI is InChI=1S/C26H43N3O4/c1-8-10-12-16-27-24(31)23(21-15-13-14-19(3)20(21)4)29(17-11-9-2)22(30)18-28-25(32)33-26(5,6)7/h13-15,23H,8-12,16-18H2,1-7H3,(H,27,31)(H,28,32). The van der Waals surface area contributed by atoms with Crippen LogP contribution in [0.15, 0.2) is 18.2 Å². The van der Waals surface area contributed by atoms with Gasteiger partial charge in [-0.25, -0.2) is 4.79 Å². The molecule has 7 heteroatoms. The van der Waals surface area contributed by atoms with Crippen LogP contribution in [0.3, 0.4) is 0 Å². The van der Waals surface area contributed by atoms with Gasteiger partial charge in [0.2, 0.25) is 11.8 Å².